The molecule has 0 radical (unpaired) electrons. The van der Waals surface area contributed by atoms with E-state index in [4.69, 9.17) is 4.74 Å². The Hall–Kier alpha value is -1.11. The fourth-order valence-electron chi connectivity index (χ4n) is 1.84. The molecule has 0 unspecified atom stereocenters. The molecule has 19 heavy (non-hydrogen) atoms. The molecule has 0 spiro atoms. The van der Waals surface area contributed by atoms with Crippen LogP contribution in [0.5, 0.6) is 5.75 Å². The normalized spacial score (nSPS) is 15.5. The largest absolute Gasteiger partial charge is 0.494 e. The van der Waals surface area contributed by atoms with Gasteiger partial charge in [0.2, 0.25) is 10.0 Å². The van der Waals surface area contributed by atoms with Gasteiger partial charge in [0.15, 0.2) is 0 Å². The molecule has 2 N–H and O–H groups in total. The summed E-state index contributed by atoms with van der Waals surface area (Å²) in [6, 6.07) is 5.10. The third-order valence-corrected chi connectivity index (χ3v) is 4.43. The van der Waals surface area contributed by atoms with Crippen molar-refractivity contribution >= 4 is 10.0 Å². The fourth-order valence-corrected chi connectivity index (χ4v) is 3.19. The Morgan fingerprint density at radius 3 is 2.68 bits per heavy atom. The van der Waals surface area contributed by atoms with Gasteiger partial charge in [-0.3, -0.25) is 0 Å². The summed E-state index contributed by atoms with van der Waals surface area (Å²) >= 11 is 0. The second-order valence-electron chi connectivity index (χ2n) is 4.63. The molecule has 0 heterocycles. The Morgan fingerprint density at radius 2 is 2.11 bits per heavy atom. The monoisotopic (exact) mass is 284 g/mol. The zero-order valence-electron chi connectivity index (χ0n) is 11.3. The first-order chi connectivity index (χ1) is 9.06. The molecule has 1 aliphatic rings. The number of rotatable bonds is 7. The van der Waals surface area contributed by atoms with Gasteiger partial charge in [-0.2, -0.15) is 0 Å². The third-order valence-electron chi connectivity index (χ3n) is 2.91. The van der Waals surface area contributed by atoms with E-state index in [9.17, 15) is 8.42 Å². The SMILES string of the molecule is CCOc1ccc(S(=O)(=O)NC2CC2)cc1CNC. The molecule has 1 fully saturated rings. The maximum atomic E-state index is 12.1. The summed E-state index contributed by atoms with van der Waals surface area (Å²) in [5.74, 6) is 0.724. The number of hydrogen-bond acceptors (Lipinski definition) is 4. The molecule has 1 aromatic rings. The van der Waals surface area contributed by atoms with Crippen molar-refractivity contribution in [2.24, 2.45) is 0 Å². The van der Waals surface area contributed by atoms with Gasteiger partial charge in [0.25, 0.3) is 0 Å². The molecule has 2 rings (SSSR count). The molecule has 1 saturated carbocycles. The van der Waals surface area contributed by atoms with Crippen molar-refractivity contribution in [2.45, 2.75) is 37.2 Å². The molecular weight excluding hydrogens is 264 g/mol. The highest BCUT2D eigenvalue weighted by Gasteiger charge is 2.28. The van der Waals surface area contributed by atoms with E-state index in [0.29, 0.717) is 18.0 Å². The van der Waals surface area contributed by atoms with Crippen molar-refractivity contribution in [1.29, 1.82) is 0 Å². The lowest BCUT2D eigenvalue weighted by Crippen LogP contribution is -2.26. The summed E-state index contributed by atoms with van der Waals surface area (Å²) in [5.41, 5.74) is 0.850. The van der Waals surface area contributed by atoms with Crippen molar-refractivity contribution in [3.8, 4) is 5.75 Å². The van der Waals surface area contributed by atoms with Crippen LogP contribution in [-0.4, -0.2) is 28.1 Å². The molecule has 1 aliphatic carbocycles. The smallest absolute Gasteiger partial charge is 0.240 e. The fraction of sp³-hybridized carbons (Fsp3) is 0.538. The Labute approximate surface area is 114 Å². The molecular formula is C13H20N2O3S. The highest BCUT2D eigenvalue weighted by atomic mass is 32.2. The summed E-state index contributed by atoms with van der Waals surface area (Å²) in [7, 11) is -1.58. The van der Waals surface area contributed by atoms with Gasteiger partial charge < -0.3 is 10.1 Å². The molecule has 0 aromatic heterocycles. The lowest BCUT2D eigenvalue weighted by molar-refractivity contribution is 0.335. The Kier molecular flexibility index (Phi) is 4.44. The molecule has 0 aliphatic heterocycles. The van der Waals surface area contributed by atoms with E-state index in [2.05, 4.69) is 10.0 Å². The van der Waals surface area contributed by atoms with Crippen molar-refractivity contribution in [3.05, 3.63) is 23.8 Å². The molecule has 0 bridgehead atoms. The number of hydrogen-bond donors (Lipinski definition) is 2. The van der Waals surface area contributed by atoms with Crippen molar-refractivity contribution in [2.75, 3.05) is 13.7 Å². The van der Waals surface area contributed by atoms with Crippen LogP contribution in [0, 0.1) is 0 Å². The number of nitrogens with one attached hydrogen (secondary N) is 2. The predicted molar refractivity (Wildman–Crippen MR) is 73.7 cm³/mol. The van der Waals surface area contributed by atoms with Crippen LogP contribution >= 0.6 is 0 Å². The average molecular weight is 284 g/mol. The molecule has 0 amide bonds. The van der Waals surface area contributed by atoms with E-state index in [1.165, 1.54) is 0 Å². The van der Waals surface area contributed by atoms with Crippen LogP contribution < -0.4 is 14.8 Å². The van der Waals surface area contributed by atoms with E-state index in [1.54, 1.807) is 18.2 Å². The molecule has 106 valence electrons. The zero-order chi connectivity index (χ0) is 13.9. The van der Waals surface area contributed by atoms with Crippen molar-refractivity contribution in [1.82, 2.24) is 10.0 Å². The van der Waals surface area contributed by atoms with Crippen LogP contribution in [0.2, 0.25) is 0 Å². The number of benzene rings is 1. The van der Waals surface area contributed by atoms with Crippen LogP contribution in [0.1, 0.15) is 25.3 Å². The minimum Gasteiger partial charge on any atom is -0.494 e. The van der Waals surface area contributed by atoms with Crippen LogP contribution in [0.3, 0.4) is 0 Å². The Morgan fingerprint density at radius 1 is 1.37 bits per heavy atom. The summed E-state index contributed by atoms with van der Waals surface area (Å²) in [5, 5.41) is 3.02. The van der Waals surface area contributed by atoms with Gasteiger partial charge in [-0.05, 0) is 45.0 Å². The average Bonchev–Trinajstić information content (AvgIpc) is 3.15. The van der Waals surface area contributed by atoms with Gasteiger partial charge in [0, 0.05) is 18.2 Å². The summed E-state index contributed by atoms with van der Waals surface area (Å²) < 4.78 is 32.4. The van der Waals surface area contributed by atoms with Crippen LogP contribution in [0.25, 0.3) is 0 Å². The van der Waals surface area contributed by atoms with Crippen LogP contribution in [0.15, 0.2) is 23.1 Å². The van der Waals surface area contributed by atoms with E-state index in [-0.39, 0.29) is 6.04 Å². The van der Waals surface area contributed by atoms with Gasteiger partial charge in [-0.15, -0.1) is 0 Å². The minimum absolute atomic E-state index is 0.115. The summed E-state index contributed by atoms with van der Waals surface area (Å²) in [6.07, 6.45) is 1.86. The third kappa shape index (κ3) is 3.68. The van der Waals surface area contributed by atoms with Gasteiger partial charge >= 0.3 is 0 Å². The second-order valence-corrected chi connectivity index (χ2v) is 6.34. The van der Waals surface area contributed by atoms with E-state index in [0.717, 1.165) is 24.2 Å². The predicted octanol–water partition coefficient (Wildman–Crippen LogP) is 1.25. The van der Waals surface area contributed by atoms with E-state index >= 15 is 0 Å². The Balaban J connectivity index is 2.27. The lowest BCUT2D eigenvalue weighted by Gasteiger charge is -2.12. The lowest BCUT2D eigenvalue weighted by atomic mass is 10.2. The minimum atomic E-state index is -3.40. The molecule has 0 saturated heterocycles. The van der Waals surface area contributed by atoms with Crippen LogP contribution in [-0.2, 0) is 16.6 Å². The number of ether oxygens (including phenoxy) is 1. The van der Waals surface area contributed by atoms with Gasteiger partial charge in [0.1, 0.15) is 5.75 Å². The molecule has 5 nitrogen and oxygen atoms in total. The number of sulfonamides is 1. The summed E-state index contributed by atoms with van der Waals surface area (Å²) in [4.78, 5) is 0.299. The first-order valence-corrected chi connectivity index (χ1v) is 7.97. The first kappa shape index (κ1) is 14.3. The highest BCUT2D eigenvalue weighted by molar-refractivity contribution is 7.89. The van der Waals surface area contributed by atoms with Crippen LogP contribution in [0.4, 0.5) is 0 Å². The highest BCUT2D eigenvalue weighted by Crippen LogP contribution is 2.25. The van der Waals surface area contributed by atoms with Crippen molar-refractivity contribution < 1.29 is 13.2 Å². The maximum absolute atomic E-state index is 12.1. The van der Waals surface area contributed by atoms with Gasteiger partial charge in [0.05, 0.1) is 11.5 Å². The topological polar surface area (TPSA) is 67.4 Å². The van der Waals surface area contributed by atoms with Gasteiger partial charge in [-0.25, -0.2) is 13.1 Å². The zero-order valence-corrected chi connectivity index (χ0v) is 12.1. The second kappa shape index (κ2) is 5.90. The summed E-state index contributed by atoms with van der Waals surface area (Å²) in [6.45, 7) is 3.04. The van der Waals surface area contributed by atoms with Crippen molar-refractivity contribution in [3.63, 3.8) is 0 Å². The van der Waals surface area contributed by atoms with Gasteiger partial charge in [-0.1, -0.05) is 0 Å². The quantitative estimate of drug-likeness (QED) is 0.790. The van der Waals surface area contributed by atoms with E-state index in [1.807, 2.05) is 14.0 Å². The Bertz CT molecular complexity index is 539. The molecule has 6 heteroatoms. The van der Waals surface area contributed by atoms with E-state index < -0.39 is 10.0 Å². The molecule has 1 aromatic carbocycles. The molecule has 0 atom stereocenters. The first-order valence-electron chi connectivity index (χ1n) is 6.49. The standard InChI is InChI=1S/C13H20N2O3S/c1-3-18-13-7-6-12(8-10(13)9-14-2)19(16,17)15-11-4-5-11/h6-8,11,14-15H,3-5,9H2,1-2H3. The maximum Gasteiger partial charge on any atom is 0.240 e.